The zero-order valence-corrected chi connectivity index (χ0v) is 19.6. The van der Waals surface area contributed by atoms with Crippen LogP contribution in [0, 0.1) is 5.92 Å². The molecular formula is C25H24N2O8. The number of hydrogen-bond acceptors (Lipinski definition) is 9. The number of aromatic hydroxyl groups is 2. The van der Waals surface area contributed by atoms with Crippen LogP contribution in [0.4, 0.5) is 5.69 Å². The number of amides is 1. The first kappa shape index (κ1) is 23.8. The first-order valence-electron chi connectivity index (χ1n) is 10.8. The Balaban J connectivity index is 2.04. The molecule has 182 valence electrons. The number of Topliss-reactive ketones (excluding diaryl/α,β-unsaturated/α-hetero) is 1. The Hall–Kier alpha value is -4.34. The van der Waals surface area contributed by atoms with Crippen LogP contribution in [0.25, 0.3) is 5.76 Å². The fourth-order valence-corrected chi connectivity index (χ4v) is 4.87. The molecule has 0 aromatic heterocycles. The van der Waals surface area contributed by atoms with Crippen molar-refractivity contribution in [3.63, 3.8) is 0 Å². The number of phenols is 2. The lowest BCUT2D eigenvalue weighted by Crippen LogP contribution is -2.32. The molecule has 4 N–H and O–H groups in total. The topological polar surface area (TPSA) is 156 Å². The van der Waals surface area contributed by atoms with E-state index in [0.717, 1.165) is 19.5 Å². The second-order valence-corrected chi connectivity index (χ2v) is 8.71. The summed E-state index contributed by atoms with van der Waals surface area (Å²) in [6.07, 6.45) is 0.522. The summed E-state index contributed by atoms with van der Waals surface area (Å²) >= 11 is 0. The molecule has 35 heavy (non-hydrogen) atoms. The second kappa shape index (κ2) is 8.46. The minimum atomic E-state index is -1.08. The minimum absolute atomic E-state index is 0.0591. The standard InChI is InChI=1S/C25H24N2O8/c1-10(28)34-17-9-13-7-12-8-14-15(27(3)4)5-6-16(30)20(14)22(31)18(12)24(35-11(2)29)19(13)23(32)21(17)25(26)33/h5-6,9,12,30,32H,7-8H2,1-4H3,(H2,26,33)/t12-/m1/s1. The number of primary amides is 1. The van der Waals surface area contributed by atoms with Gasteiger partial charge in [-0.1, -0.05) is 0 Å². The monoisotopic (exact) mass is 480 g/mol. The predicted molar refractivity (Wildman–Crippen MR) is 124 cm³/mol. The van der Waals surface area contributed by atoms with Crippen molar-refractivity contribution < 1.29 is 38.9 Å². The van der Waals surface area contributed by atoms with Crippen LogP contribution in [0.3, 0.4) is 0 Å². The van der Waals surface area contributed by atoms with Gasteiger partial charge >= 0.3 is 11.9 Å². The van der Waals surface area contributed by atoms with Crippen molar-refractivity contribution in [3.8, 4) is 17.2 Å². The number of ketones is 1. The van der Waals surface area contributed by atoms with E-state index >= 15 is 0 Å². The van der Waals surface area contributed by atoms with Gasteiger partial charge < -0.3 is 30.3 Å². The van der Waals surface area contributed by atoms with Gasteiger partial charge in [-0.3, -0.25) is 19.2 Å². The van der Waals surface area contributed by atoms with Gasteiger partial charge in [-0.15, -0.1) is 0 Å². The Morgan fingerprint density at radius 1 is 1.03 bits per heavy atom. The van der Waals surface area contributed by atoms with Crippen molar-refractivity contribution in [2.75, 3.05) is 19.0 Å². The normalized spacial score (nSPS) is 16.1. The zero-order valence-electron chi connectivity index (χ0n) is 19.6. The molecule has 0 fully saturated rings. The molecule has 0 heterocycles. The van der Waals surface area contributed by atoms with Crippen LogP contribution in [0.15, 0.2) is 23.8 Å². The van der Waals surface area contributed by atoms with Gasteiger partial charge in [-0.05, 0) is 48.1 Å². The van der Waals surface area contributed by atoms with Crippen molar-refractivity contribution in [1.82, 2.24) is 0 Å². The third-order valence-corrected chi connectivity index (χ3v) is 6.11. The predicted octanol–water partition coefficient (Wildman–Crippen LogP) is 2.07. The van der Waals surface area contributed by atoms with Gasteiger partial charge in [0.05, 0.1) is 11.1 Å². The number of ether oxygens (including phenoxy) is 2. The van der Waals surface area contributed by atoms with Crippen LogP contribution >= 0.6 is 0 Å². The Morgan fingerprint density at radius 2 is 1.69 bits per heavy atom. The van der Waals surface area contributed by atoms with Crippen LogP contribution in [0.2, 0.25) is 0 Å². The molecule has 2 aromatic carbocycles. The molecule has 0 radical (unpaired) electrons. The lowest BCUT2D eigenvalue weighted by Gasteiger charge is -2.35. The third-order valence-electron chi connectivity index (χ3n) is 6.11. The number of anilines is 1. The summed E-state index contributed by atoms with van der Waals surface area (Å²) in [5.41, 5.74) is 6.86. The largest absolute Gasteiger partial charge is 0.507 e. The molecule has 0 unspecified atom stereocenters. The Kier molecular flexibility index (Phi) is 5.75. The summed E-state index contributed by atoms with van der Waals surface area (Å²) in [6.45, 7) is 2.27. The summed E-state index contributed by atoms with van der Waals surface area (Å²) in [4.78, 5) is 51.3. The smallest absolute Gasteiger partial charge is 0.308 e. The zero-order chi connectivity index (χ0) is 25.8. The summed E-state index contributed by atoms with van der Waals surface area (Å²) < 4.78 is 10.6. The van der Waals surface area contributed by atoms with Crippen LogP contribution in [0.1, 0.15) is 51.3 Å². The molecule has 10 nitrogen and oxygen atoms in total. The van der Waals surface area contributed by atoms with E-state index in [1.807, 2.05) is 19.0 Å². The lowest BCUT2D eigenvalue weighted by molar-refractivity contribution is -0.134. The highest BCUT2D eigenvalue weighted by atomic mass is 16.5. The Bertz CT molecular complexity index is 1360. The van der Waals surface area contributed by atoms with Gasteiger partial charge in [0.2, 0.25) is 0 Å². The summed E-state index contributed by atoms with van der Waals surface area (Å²) in [6, 6.07) is 4.51. The van der Waals surface area contributed by atoms with Crippen molar-refractivity contribution in [3.05, 3.63) is 51.6 Å². The van der Waals surface area contributed by atoms with E-state index < -0.39 is 40.9 Å². The number of fused-ring (bicyclic) bond motifs is 3. The molecule has 4 rings (SSSR count). The average Bonchev–Trinajstić information content (AvgIpc) is 2.71. The fourth-order valence-electron chi connectivity index (χ4n) is 4.87. The van der Waals surface area contributed by atoms with Crippen LogP contribution < -0.4 is 15.4 Å². The molecule has 0 saturated heterocycles. The maximum absolute atomic E-state index is 13.7. The first-order valence-corrected chi connectivity index (χ1v) is 10.8. The van der Waals surface area contributed by atoms with Gasteiger partial charge in [0.1, 0.15) is 28.6 Å². The van der Waals surface area contributed by atoms with Gasteiger partial charge in [-0.2, -0.15) is 0 Å². The number of carbonyl (C=O) groups is 4. The van der Waals surface area contributed by atoms with E-state index in [1.54, 1.807) is 6.07 Å². The number of nitrogens with zero attached hydrogens (tertiary/aromatic N) is 1. The molecular weight excluding hydrogens is 456 g/mol. The van der Waals surface area contributed by atoms with E-state index in [2.05, 4.69) is 0 Å². The lowest BCUT2D eigenvalue weighted by atomic mass is 9.70. The van der Waals surface area contributed by atoms with E-state index in [1.165, 1.54) is 12.1 Å². The number of esters is 2. The minimum Gasteiger partial charge on any atom is -0.507 e. The number of benzene rings is 2. The van der Waals surface area contributed by atoms with E-state index in [0.29, 0.717) is 17.5 Å². The number of carbonyl (C=O) groups excluding carboxylic acids is 4. The van der Waals surface area contributed by atoms with Crippen LogP contribution in [0.5, 0.6) is 17.2 Å². The highest BCUT2D eigenvalue weighted by Crippen LogP contribution is 2.50. The first-order chi connectivity index (χ1) is 16.4. The summed E-state index contributed by atoms with van der Waals surface area (Å²) in [5.74, 6) is -4.95. The SMILES string of the molecule is CC(=O)OC1=C2C(=O)c3c(O)ccc(N(C)C)c3C[C@H]2Cc2cc(OC(C)=O)c(C(N)=O)c(O)c21. The molecule has 2 aliphatic carbocycles. The maximum atomic E-state index is 13.7. The number of rotatable bonds is 4. The van der Waals surface area contributed by atoms with E-state index in [9.17, 15) is 29.4 Å². The molecule has 0 aliphatic heterocycles. The molecule has 10 heteroatoms. The molecule has 1 amide bonds. The van der Waals surface area contributed by atoms with E-state index in [4.69, 9.17) is 15.2 Å². The molecule has 2 aliphatic rings. The van der Waals surface area contributed by atoms with Gasteiger partial charge in [0.15, 0.2) is 5.78 Å². The van der Waals surface area contributed by atoms with E-state index in [-0.39, 0.29) is 40.4 Å². The number of phenolic OH excluding ortho intramolecular Hbond substituents is 1. The van der Waals surface area contributed by atoms with Crippen molar-refractivity contribution in [1.29, 1.82) is 0 Å². The molecule has 0 saturated carbocycles. The third kappa shape index (κ3) is 3.86. The van der Waals surface area contributed by atoms with Gasteiger partial charge in [-0.25, -0.2) is 0 Å². The van der Waals surface area contributed by atoms with Crippen LogP contribution in [-0.2, 0) is 27.2 Å². The molecule has 1 atom stereocenters. The van der Waals surface area contributed by atoms with Gasteiger partial charge in [0.25, 0.3) is 5.91 Å². The maximum Gasteiger partial charge on any atom is 0.308 e. The van der Waals surface area contributed by atoms with Crippen molar-refractivity contribution in [2.45, 2.75) is 26.7 Å². The molecule has 0 spiro atoms. The highest BCUT2D eigenvalue weighted by molar-refractivity contribution is 6.18. The average molecular weight is 480 g/mol. The quantitative estimate of drug-likeness (QED) is 0.440. The molecule has 0 bridgehead atoms. The van der Waals surface area contributed by atoms with Crippen molar-refractivity contribution in [2.24, 2.45) is 11.7 Å². The van der Waals surface area contributed by atoms with Crippen molar-refractivity contribution >= 4 is 35.1 Å². The van der Waals surface area contributed by atoms with Gasteiger partial charge in [0, 0.05) is 39.2 Å². The fraction of sp³-hybridized carbons (Fsp3) is 0.280. The number of allylic oxidation sites excluding steroid dienone is 1. The molecule has 2 aromatic rings. The summed E-state index contributed by atoms with van der Waals surface area (Å²) in [7, 11) is 3.63. The number of hydrogen-bond donors (Lipinski definition) is 3. The summed E-state index contributed by atoms with van der Waals surface area (Å²) in [5, 5.41) is 21.6. The Morgan fingerprint density at radius 3 is 2.26 bits per heavy atom. The Labute approximate surface area is 200 Å². The second-order valence-electron chi connectivity index (χ2n) is 8.71. The highest BCUT2D eigenvalue weighted by Gasteiger charge is 2.43. The van der Waals surface area contributed by atoms with Crippen LogP contribution in [-0.4, -0.2) is 47.9 Å². The number of nitrogens with two attached hydrogens (primary N) is 1.